The van der Waals surface area contributed by atoms with Crippen molar-refractivity contribution >= 4 is 38.6 Å². The molecule has 3 rings (SSSR count). The number of anilines is 1. The molecule has 0 saturated carbocycles. The summed E-state index contributed by atoms with van der Waals surface area (Å²) in [5.41, 5.74) is -0.943. The van der Waals surface area contributed by atoms with Gasteiger partial charge in [0.2, 0.25) is 11.9 Å². The van der Waals surface area contributed by atoms with Gasteiger partial charge >= 0.3 is 0 Å². The first kappa shape index (κ1) is 19.0. The predicted octanol–water partition coefficient (Wildman–Crippen LogP) is 2.71. The summed E-state index contributed by atoms with van der Waals surface area (Å²) in [7, 11) is 0. The predicted molar refractivity (Wildman–Crippen MR) is 94.1 cm³/mol. The number of nitrogens with zero attached hydrogens (tertiary/aromatic N) is 4. The first-order chi connectivity index (χ1) is 12.9. The van der Waals surface area contributed by atoms with Gasteiger partial charge in [-0.2, -0.15) is 5.10 Å². The topological polar surface area (TPSA) is 89.8 Å². The number of carbonyl (C=O) groups excluding carboxylic acids is 1. The summed E-state index contributed by atoms with van der Waals surface area (Å²) in [4.78, 5) is 31.8. The van der Waals surface area contributed by atoms with E-state index in [1.807, 2.05) is 0 Å². The van der Waals surface area contributed by atoms with Gasteiger partial charge in [-0.25, -0.2) is 27.8 Å². The number of hydrogen-bond acceptors (Lipinski definition) is 5. The SMILES string of the molecule is O=C(Cn1nc(C(F)CF)c2cc(Br)ccc2c1=O)Nc1ncc(F)cn1. The number of amides is 1. The van der Waals surface area contributed by atoms with E-state index in [1.165, 1.54) is 12.1 Å². The molecule has 0 aliphatic carbocycles. The Morgan fingerprint density at radius 3 is 2.63 bits per heavy atom. The van der Waals surface area contributed by atoms with Gasteiger partial charge in [-0.1, -0.05) is 15.9 Å². The van der Waals surface area contributed by atoms with Crippen LogP contribution in [0.1, 0.15) is 11.9 Å². The number of rotatable bonds is 5. The third-order valence-corrected chi connectivity index (χ3v) is 4.04. The zero-order chi connectivity index (χ0) is 19.6. The molecule has 2 heterocycles. The van der Waals surface area contributed by atoms with Crippen LogP contribution in [-0.2, 0) is 11.3 Å². The van der Waals surface area contributed by atoms with Crippen LogP contribution in [0.2, 0.25) is 0 Å². The molecule has 0 aliphatic rings. The van der Waals surface area contributed by atoms with E-state index in [-0.39, 0.29) is 22.4 Å². The lowest BCUT2D eigenvalue weighted by Gasteiger charge is -2.12. The highest BCUT2D eigenvalue weighted by molar-refractivity contribution is 9.10. The van der Waals surface area contributed by atoms with Crippen LogP contribution >= 0.6 is 15.9 Å². The summed E-state index contributed by atoms with van der Waals surface area (Å²) in [6.07, 6.45) is -0.348. The van der Waals surface area contributed by atoms with Crippen LogP contribution in [0.15, 0.2) is 39.9 Å². The van der Waals surface area contributed by atoms with Crippen LogP contribution in [0.4, 0.5) is 19.1 Å². The fraction of sp³-hybridized carbons (Fsp3) is 0.188. The van der Waals surface area contributed by atoms with Crippen molar-refractivity contribution < 1.29 is 18.0 Å². The average molecular weight is 442 g/mol. The lowest BCUT2D eigenvalue weighted by atomic mass is 10.1. The van der Waals surface area contributed by atoms with Crippen molar-refractivity contribution in [2.24, 2.45) is 0 Å². The van der Waals surface area contributed by atoms with Crippen LogP contribution in [0.5, 0.6) is 0 Å². The maximum Gasteiger partial charge on any atom is 0.275 e. The maximum atomic E-state index is 14.0. The van der Waals surface area contributed by atoms with E-state index < -0.39 is 36.7 Å². The van der Waals surface area contributed by atoms with Crippen molar-refractivity contribution in [3.05, 3.63) is 56.9 Å². The average Bonchev–Trinajstić information content (AvgIpc) is 2.65. The first-order valence-electron chi connectivity index (χ1n) is 7.56. The summed E-state index contributed by atoms with van der Waals surface area (Å²) in [5.74, 6) is -1.60. The second-order valence-corrected chi connectivity index (χ2v) is 6.35. The monoisotopic (exact) mass is 441 g/mol. The van der Waals surface area contributed by atoms with Gasteiger partial charge in [0.25, 0.3) is 5.56 Å². The molecule has 3 aromatic rings. The molecule has 140 valence electrons. The fourth-order valence-corrected chi connectivity index (χ4v) is 2.73. The lowest BCUT2D eigenvalue weighted by molar-refractivity contribution is -0.117. The molecule has 27 heavy (non-hydrogen) atoms. The molecule has 11 heteroatoms. The number of alkyl halides is 2. The Morgan fingerprint density at radius 2 is 1.96 bits per heavy atom. The molecule has 0 aliphatic heterocycles. The Labute approximate surface area is 158 Å². The Morgan fingerprint density at radius 1 is 1.26 bits per heavy atom. The van der Waals surface area contributed by atoms with Crippen molar-refractivity contribution in [1.82, 2.24) is 19.7 Å². The van der Waals surface area contributed by atoms with E-state index in [9.17, 15) is 22.8 Å². The van der Waals surface area contributed by atoms with Crippen LogP contribution < -0.4 is 10.9 Å². The van der Waals surface area contributed by atoms with E-state index in [0.29, 0.717) is 4.47 Å². The molecule has 1 atom stereocenters. The molecule has 1 aromatic carbocycles. The standard InChI is InChI=1S/C16H11BrF3N5O2/c17-8-1-2-10-11(3-8)14(12(20)4-18)24-25(15(10)27)7-13(26)23-16-21-5-9(19)6-22-16/h1-3,5-6,12H,4,7H2,(H,21,22,23,26). The molecule has 0 bridgehead atoms. The number of nitrogens with one attached hydrogen (secondary N) is 1. The summed E-state index contributed by atoms with van der Waals surface area (Å²) < 4.78 is 41.0. The summed E-state index contributed by atoms with van der Waals surface area (Å²) in [5, 5.41) is 6.32. The highest BCUT2D eigenvalue weighted by Gasteiger charge is 2.20. The van der Waals surface area contributed by atoms with Gasteiger partial charge in [0.05, 0.1) is 17.8 Å². The summed E-state index contributed by atoms with van der Waals surface area (Å²) in [6, 6.07) is 4.44. The minimum atomic E-state index is -2.06. The Kier molecular flexibility index (Phi) is 5.49. The van der Waals surface area contributed by atoms with Crippen LogP contribution in [0.3, 0.4) is 0 Å². The van der Waals surface area contributed by atoms with Gasteiger partial charge in [-0.3, -0.25) is 14.9 Å². The van der Waals surface area contributed by atoms with Gasteiger partial charge in [0.15, 0.2) is 12.0 Å². The molecule has 0 spiro atoms. The van der Waals surface area contributed by atoms with E-state index >= 15 is 0 Å². The molecule has 0 radical (unpaired) electrons. The maximum absolute atomic E-state index is 14.0. The highest BCUT2D eigenvalue weighted by Crippen LogP contribution is 2.26. The third kappa shape index (κ3) is 4.13. The van der Waals surface area contributed by atoms with Crippen LogP contribution in [0.25, 0.3) is 10.8 Å². The van der Waals surface area contributed by atoms with E-state index in [2.05, 4.69) is 36.3 Å². The number of benzene rings is 1. The molecule has 1 unspecified atom stereocenters. The van der Waals surface area contributed by atoms with Gasteiger partial charge in [0, 0.05) is 9.86 Å². The van der Waals surface area contributed by atoms with Gasteiger partial charge in [-0.05, 0) is 18.2 Å². The quantitative estimate of drug-likeness (QED) is 0.657. The lowest BCUT2D eigenvalue weighted by Crippen LogP contribution is -2.31. The van der Waals surface area contributed by atoms with E-state index in [1.54, 1.807) is 6.07 Å². The van der Waals surface area contributed by atoms with Crippen molar-refractivity contribution in [2.75, 3.05) is 12.0 Å². The number of hydrogen-bond donors (Lipinski definition) is 1. The fourth-order valence-electron chi connectivity index (χ4n) is 2.37. The Balaban J connectivity index is 1.97. The smallest absolute Gasteiger partial charge is 0.275 e. The molecule has 2 aromatic heterocycles. The second-order valence-electron chi connectivity index (χ2n) is 5.43. The van der Waals surface area contributed by atoms with E-state index in [0.717, 1.165) is 17.1 Å². The minimum absolute atomic E-state index is 0.0881. The van der Waals surface area contributed by atoms with Crippen LogP contribution in [0, 0.1) is 5.82 Å². The molecular formula is C16H11BrF3N5O2. The van der Waals surface area contributed by atoms with Crippen molar-refractivity contribution in [1.29, 1.82) is 0 Å². The zero-order valence-corrected chi connectivity index (χ0v) is 15.1. The van der Waals surface area contributed by atoms with Gasteiger partial charge in [-0.15, -0.1) is 0 Å². The summed E-state index contributed by atoms with van der Waals surface area (Å²) >= 11 is 3.21. The number of fused-ring (bicyclic) bond motifs is 1. The van der Waals surface area contributed by atoms with Crippen molar-refractivity contribution in [3.63, 3.8) is 0 Å². The van der Waals surface area contributed by atoms with Crippen molar-refractivity contribution in [3.8, 4) is 0 Å². The zero-order valence-electron chi connectivity index (χ0n) is 13.5. The number of carbonyl (C=O) groups is 1. The minimum Gasteiger partial charge on any atom is -0.293 e. The summed E-state index contributed by atoms with van der Waals surface area (Å²) in [6.45, 7) is -1.92. The highest BCUT2D eigenvalue weighted by atomic mass is 79.9. The van der Waals surface area contributed by atoms with Gasteiger partial charge < -0.3 is 0 Å². The number of halogens is 4. The Hall–Kier alpha value is -2.82. The molecule has 0 saturated heterocycles. The molecule has 1 N–H and O–H groups in total. The molecule has 7 nitrogen and oxygen atoms in total. The molecule has 0 fully saturated rings. The number of aromatic nitrogens is 4. The second kappa shape index (κ2) is 7.82. The van der Waals surface area contributed by atoms with Crippen molar-refractivity contribution in [2.45, 2.75) is 12.7 Å². The normalized spacial score (nSPS) is 12.1. The molecular weight excluding hydrogens is 431 g/mol. The van der Waals surface area contributed by atoms with E-state index in [4.69, 9.17) is 0 Å². The first-order valence-corrected chi connectivity index (χ1v) is 8.36. The Bertz CT molecular complexity index is 1060. The molecule has 1 amide bonds. The van der Waals surface area contributed by atoms with Crippen LogP contribution in [-0.4, -0.2) is 32.3 Å². The third-order valence-electron chi connectivity index (χ3n) is 3.55. The largest absolute Gasteiger partial charge is 0.293 e. The van der Waals surface area contributed by atoms with Gasteiger partial charge in [0.1, 0.15) is 18.9 Å².